The number of fused-ring (bicyclic) bond motifs is 1. The van der Waals surface area contributed by atoms with Crippen LogP contribution in [0.3, 0.4) is 0 Å². The van der Waals surface area contributed by atoms with Gasteiger partial charge >= 0.3 is 0 Å². The van der Waals surface area contributed by atoms with Crippen LogP contribution < -0.4 is 11.1 Å². The number of rotatable bonds is 3. The van der Waals surface area contributed by atoms with E-state index in [0.29, 0.717) is 33.0 Å². The van der Waals surface area contributed by atoms with Crippen LogP contribution in [0.5, 0.6) is 0 Å². The molecule has 8 nitrogen and oxygen atoms in total. The third-order valence-corrected chi connectivity index (χ3v) is 4.05. The van der Waals surface area contributed by atoms with Crippen molar-refractivity contribution in [3.05, 3.63) is 64.5 Å². The van der Waals surface area contributed by atoms with E-state index in [-0.39, 0.29) is 5.56 Å². The predicted molar refractivity (Wildman–Crippen MR) is 98.9 cm³/mol. The molecule has 0 bridgehead atoms. The Morgan fingerprint density at radius 1 is 1.12 bits per heavy atom. The van der Waals surface area contributed by atoms with E-state index < -0.39 is 5.91 Å². The van der Waals surface area contributed by atoms with Crippen molar-refractivity contribution >= 4 is 46.4 Å². The summed E-state index contributed by atoms with van der Waals surface area (Å²) in [5.41, 5.74) is 6.96. The van der Waals surface area contributed by atoms with Gasteiger partial charge in [0.25, 0.3) is 5.91 Å². The maximum absolute atomic E-state index is 12.7. The van der Waals surface area contributed by atoms with Crippen LogP contribution >= 0.6 is 23.2 Å². The van der Waals surface area contributed by atoms with E-state index in [9.17, 15) is 4.79 Å². The summed E-state index contributed by atoms with van der Waals surface area (Å²) >= 11 is 12.1. The van der Waals surface area contributed by atoms with E-state index in [0.717, 1.165) is 0 Å². The number of hydrogen-bond acceptors (Lipinski definition) is 5. The molecule has 3 heterocycles. The molecule has 0 aliphatic heterocycles. The summed E-state index contributed by atoms with van der Waals surface area (Å²) in [6, 6.07) is 8.24. The zero-order valence-electron chi connectivity index (χ0n) is 13.1. The van der Waals surface area contributed by atoms with Crippen LogP contribution in [0.4, 0.5) is 11.6 Å². The van der Waals surface area contributed by atoms with E-state index in [1.165, 1.54) is 15.4 Å². The van der Waals surface area contributed by atoms with Gasteiger partial charge in [-0.05, 0) is 24.3 Å². The zero-order chi connectivity index (χ0) is 18.3. The predicted octanol–water partition coefficient (Wildman–Crippen LogP) is 3.06. The lowest BCUT2D eigenvalue weighted by Gasteiger charge is -2.09. The standard InChI is InChI=1S/C16H11Cl2N7O/c17-9-5-10(18)7-11(6-9)25-14(1-3-20-25)23-16(26)12-8-21-24-4-2-13(19)22-15(12)24/h1-8H,(H2,19,22)(H,23,26). The SMILES string of the molecule is Nc1ccn2ncc(C(=O)Nc3ccnn3-c3cc(Cl)cc(Cl)c3)c2n1. The number of aromatic nitrogens is 5. The van der Waals surface area contributed by atoms with Gasteiger partial charge < -0.3 is 11.1 Å². The number of nitrogens with zero attached hydrogens (tertiary/aromatic N) is 5. The molecule has 0 saturated heterocycles. The van der Waals surface area contributed by atoms with Crippen molar-refractivity contribution in [2.75, 3.05) is 11.1 Å². The van der Waals surface area contributed by atoms with Crippen molar-refractivity contribution in [3.63, 3.8) is 0 Å². The fraction of sp³-hybridized carbons (Fsp3) is 0. The maximum atomic E-state index is 12.7. The Labute approximate surface area is 157 Å². The molecule has 26 heavy (non-hydrogen) atoms. The summed E-state index contributed by atoms with van der Waals surface area (Å²) in [6.07, 6.45) is 4.61. The molecule has 4 aromatic rings. The summed E-state index contributed by atoms with van der Waals surface area (Å²) in [5.74, 6) is 0.343. The molecule has 3 aromatic heterocycles. The summed E-state index contributed by atoms with van der Waals surface area (Å²) in [6.45, 7) is 0. The highest BCUT2D eigenvalue weighted by molar-refractivity contribution is 6.34. The minimum atomic E-state index is -0.395. The molecule has 10 heteroatoms. The lowest BCUT2D eigenvalue weighted by Crippen LogP contribution is -2.15. The number of anilines is 2. The Balaban J connectivity index is 1.69. The van der Waals surface area contributed by atoms with Crippen LogP contribution in [0.1, 0.15) is 10.4 Å². The summed E-state index contributed by atoms with van der Waals surface area (Å²) < 4.78 is 2.99. The van der Waals surface area contributed by atoms with Crippen LogP contribution in [0, 0.1) is 0 Å². The minimum absolute atomic E-state index is 0.286. The topological polar surface area (TPSA) is 103 Å². The van der Waals surface area contributed by atoms with Gasteiger partial charge in [0.05, 0.1) is 18.1 Å². The number of benzene rings is 1. The second-order valence-corrected chi connectivity index (χ2v) is 6.26. The lowest BCUT2D eigenvalue weighted by molar-refractivity contribution is 0.102. The first-order chi connectivity index (χ1) is 12.5. The maximum Gasteiger partial charge on any atom is 0.262 e. The third-order valence-electron chi connectivity index (χ3n) is 3.61. The largest absolute Gasteiger partial charge is 0.384 e. The Bertz CT molecular complexity index is 1110. The molecule has 0 atom stereocenters. The Morgan fingerprint density at radius 3 is 2.65 bits per heavy atom. The molecule has 3 N–H and O–H groups in total. The Morgan fingerprint density at radius 2 is 1.88 bits per heavy atom. The molecule has 0 aliphatic rings. The summed E-state index contributed by atoms with van der Waals surface area (Å²) in [5, 5.41) is 12.0. The lowest BCUT2D eigenvalue weighted by atomic mass is 10.3. The number of nitrogens with one attached hydrogen (secondary N) is 1. The van der Waals surface area contributed by atoms with E-state index in [2.05, 4.69) is 20.5 Å². The summed E-state index contributed by atoms with van der Waals surface area (Å²) in [4.78, 5) is 16.8. The van der Waals surface area contributed by atoms with Crippen molar-refractivity contribution in [3.8, 4) is 5.69 Å². The molecular weight excluding hydrogens is 377 g/mol. The highest BCUT2D eigenvalue weighted by Crippen LogP contribution is 2.24. The molecule has 0 unspecified atom stereocenters. The molecule has 0 radical (unpaired) electrons. The molecule has 0 spiro atoms. The van der Waals surface area contributed by atoms with Crippen molar-refractivity contribution in [2.24, 2.45) is 0 Å². The van der Waals surface area contributed by atoms with Gasteiger partial charge in [0.1, 0.15) is 17.2 Å². The number of nitrogens with two attached hydrogens (primary N) is 1. The number of nitrogen functional groups attached to an aromatic ring is 1. The van der Waals surface area contributed by atoms with E-state index in [1.54, 1.807) is 42.7 Å². The van der Waals surface area contributed by atoms with Crippen molar-refractivity contribution in [2.45, 2.75) is 0 Å². The molecule has 4 rings (SSSR count). The van der Waals surface area contributed by atoms with Gasteiger partial charge in [-0.15, -0.1) is 0 Å². The van der Waals surface area contributed by atoms with Crippen molar-refractivity contribution in [1.82, 2.24) is 24.4 Å². The van der Waals surface area contributed by atoms with Gasteiger partial charge in [0.2, 0.25) is 0 Å². The average molecular weight is 388 g/mol. The third kappa shape index (κ3) is 2.96. The first-order valence-electron chi connectivity index (χ1n) is 7.43. The summed E-state index contributed by atoms with van der Waals surface area (Å²) in [7, 11) is 0. The van der Waals surface area contributed by atoms with Gasteiger partial charge in [0, 0.05) is 22.3 Å². The number of carbonyl (C=O) groups is 1. The molecule has 0 saturated carbocycles. The second kappa shape index (κ2) is 6.32. The minimum Gasteiger partial charge on any atom is -0.384 e. The fourth-order valence-corrected chi connectivity index (χ4v) is 3.01. The van der Waals surface area contributed by atoms with Crippen LogP contribution in [0.15, 0.2) is 48.9 Å². The molecule has 130 valence electrons. The monoisotopic (exact) mass is 387 g/mol. The second-order valence-electron chi connectivity index (χ2n) is 5.39. The van der Waals surface area contributed by atoms with Crippen molar-refractivity contribution < 1.29 is 4.79 Å². The molecule has 0 fully saturated rings. The number of hydrogen-bond donors (Lipinski definition) is 2. The van der Waals surface area contributed by atoms with Gasteiger partial charge in [-0.3, -0.25) is 4.79 Å². The zero-order valence-corrected chi connectivity index (χ0v) is 14.6. The molecule has 1 aromatic carbocycles. The number of amides is 1. The van der Waals surface area contributed by atoms with Crippen LogP contribution in [-0.2, 0) is 0 Å². The Kier molecular flexibility index (Phi) is 3.98. The average Bonchev–Trinajstić information content (AvgIpc) is 3.20. The smallest absolute Gasteiger partial charge is 0.262 e. The van der Waals surface area contributed by atoms with E-state index in [4.69, 9.17) is 28.9 Å². The first-order valence-corrected chi connectivity index (χ1v) is 8.18. The number of halogens is 2. The fourth-order valence-electron chi connectivity index (χ4n) is 2.49. The van der Waals surface area contributed by atoms with Crippen LogP contribution in [0.2, 0.25) is 10.0 Å². The quantitative estimate of drug-likeness (QED) is 0.562. The first kappa shape index (κ1) is 16.4. The van der Waals surface area contributed by atoms with Gasteiger partial charge in [0.15, 0.2) is 5.65 Å². The highest BCUT2D eigenvalue weighted by atomic mass is 35.5. The van der Waals surface area contributed by atoms with E-state index in [1.807, 2.05) is 0 Å². The Hall–Kier alpha value is -3.10. The number of carbonyl (C=O) groups excluding carboxylic acids is 1. The van der Waals surface area contributed by atoms with Gasteiger partial charge in [-0.1, -0.05) is 23.2 Å². The van der Waals surface area contributed by atoms with Gasteiger partial charge in [-0.25, -0.2) is 14.2 Å². The normalized spacial score (nSPS) is 11.0. The molecule has 1 amide bonds. The van der Waals surface area contributed by atoms with Crippen LogP contribution in [-0.4, -0.2) is 30.3 Å². The molecular formula is C16H11Cl2N7O. The van der Waals surface area contributed by atoms with Crippen molar-refractivity contribution in [1.29, 1.82) is 0 Å². The van der Waals surface area contributed by atoms with E-state index >= 15 is 0 Å². The van der Waals surface area contributed by atoms with Gasteiger partial charge in [-0.2, -0.15) is 10.2 Å². The molecule has 0 aliphatic carbocycles. The highest BCUT2D eigenvalue weighted by Gasteiger charge is 2.17. The van der Waals surface area contributed by atoms with Crippen LogP contribution in [0.25, 0.3) is 11.3 Å².